The van der Waals surface area contributed by atoms with Crippen molar-refractivity contribution in [3.63, 3.8) is 0 Å². The van der Waals surface area contributed by atoms with Crippen LogP contribution in [0.3, 0.4) is 0 Å². The van der Waals surface area contributed by atoms with E-state index in [1.165, 1.54) is 89.9 Å². The average Bonchev–Trinajstić information content (AvgIpc) is 3.27. The van der Waals surface area contributed by atoms with Gasteiger partial charge in [-0.3, -0.25) is 14.4 Å². The predicted octanol–water partition coefficient (Wildman–Crippen LogP) is 16.6. The van der Waals surface area contributed by atoms with E-state index in [2.05, 4.69) is 106 Å². The topological polar surface area (TPSA) is 78.9 Å². The number of rotatable bonds is 44. The number of hydrogen-bond acceptors (Lipinski definition) is 6. The van der Waals surface area contributed by atoms with E-state index >= 15 is 0 Å². The lowest BCUT2D eigenvalue weighted by Crippen LogP contribution is -2.30. The van der Waals surface area contributed by atoms with Gasteiger partial charge in [0.15, 0.2) is 6.10 Å². The third kappa shape index (κ3) is 47.4. The number of carbonyl (C=O) groups is 3. The molecule has 6 heteroatoms. The van der Waals surface area contributed by atoms with Crippen LogP contribution in [-0.2, 0) is 28.6 Å². The molecule has 0 amide bonds. The Labute approximate surface area is 381 Å². The quantitative estimate of drug-likeness (QED) is 0.0263. The largest absolute Gasteiger partial charge is 0.462 e. The number of ether oxygens (including phenoxy) is 3. The highest BCUT2D eigenvalue weighted by molar-refractivity contribution is 5.71. The Morgan fingerprint density at radius 2 is 0.661 bits per heavy atom. The number of hydrogen-bond donors (Lipinski definition) is 0. The van der Waals surface area contributed by atoms with E-state index in [4.69, 9.17) is 14.2 Å². The first kappa shape index (κ1) is 58.3. The summed E-state index contributed by atoms with van der Waals surface area (Å²) in [4.78, 5) is 37.7. The van der Waals surface area contributed by atoms with Crippen molar-refractivity contribution in [1.29, 1.82) is 0 Å². The van der Waals surface area contributed by atoms with Gasteiger partial charge in [-0.15, -0.1) is 0 Å². The average molecular weight is 861 g/mol. The summed E-state index contributed by atoms with van der Waals surface area (Å²) in [6.07, 6.45) is 65.7. The summed E-state index contributed by atoms with van der Waals surface area (Å²) in [5.41, 5.74) is 0. The summed E-state index contributed by atoms with van der Waals surface area (Å²) in [6.45, 7) is 6.36. The van der Waals surface area contributed by atoms with Gasteiger partial charge in [0.25, 0.3) is 0 Å². The molecule has 0 aliphatic carbocycles. The van der Waals surface area contributed by atoms with Gasteiger partial charge in [0, 0.05) is 19.3 Å². The molecule has 0 radical (unpaired) electrons. The number of esters is 3. The Hall–Kier alpha value is -3.67. The first-order valence-electron chi connectivity index (χ1n) is 25.2. The van der Waals surface area contributed by atoms with Crippen molar-refractivity contribution < 1.29 is 28.6 Å². The fourth-order valence-electron chi connectivity index (χ4n) is 6.56. The van der Waals surface area contributed by atoms with Crippen LogP contribution in [0, 0.1) is 0 Å². The Morgan fingerprint density at radius 3 is 1.11 bits per heavy atom. The maximum atomic E-state index is 12.7. The number of unbranched alkanes of at least 4 members (excludes halogenated alkanes) is 17. The minimum Gasteiger partial charge on any atom is -0.462 e. The highest BCUT2D eigenvalue weighted by Gasteiger charge is 2.19. The molecule has 0 heterocycles. The summed E-state index contributed by atoms with van der Waals surface area (Å²) >= 11 is 0. The van der Waals surface area contributed by atoms with Crippen molar-refractivity contribution in [2.24, 2.45) is 0 Å². The fourth-order valence-corrected chi connectivity index (χ4v) is 6.56. The molecule has 0 aromatic rings. The van der Waals surface area contributed by atoms with E-state index in [1.807, 2.05) is 12.2 Å². The van der Waals surface area contributed by atoms with Crippen LogP contribution >= 0.6 is 0 Å². The minimum atomic E-state index is -0.807. The van der Waals surface area contributed by atoms with E-state index in [0.29, 0.717) is 19.3 Å². The third-order valence-corrected chi connectivity index (χ3v) is 10.3. The molecule has 0 saturated carbocycles. The van der Waals surface area contributed by atoms with E-state index < -0.39 is 6.10 Å². The van der Waals surface area contributed by atoms with Gasteiger partial charge in [-0.25, -0.2) is 0 Å². The Kier molecular flexibility index (Phi) is 47.0. The van der Waals surface area contributed by atoms with Crippen LogP contribution in [0.25, 0.3) is 0 Å². The fraction of sp³-hybridized carbons (Fsp3) is 0.661. The van der Waals surface area contributed by atoms with E-state index in [-0.39, 0.29) is 37.5 Å². The Bertz CT molecular complexity index is 1260. The summed E-state index contributed by atoms with van der Waals surface area (Å²) < 4.78 is 16.6. The van der Waals surface area contributed by atoms with Gasteiger partial charge in [-0.05, 0) is 89.9 Å². The molecule has 0 aliphatic rings. The second-order valence-electron chi connectivity index (χ2n) is 16.3. The van der Waals surface area contributed by atoms with Crippen molar-refractivity contribution >= 4 is 17.9 Å². The van der Waals surface area contributed by atoms with E-state index in [9.17, 15) is 14.4 Å². The lowest BCUT2D eigenvalue weighted by atomic mass is 10.1. The van der Waals surface area contributed by atoms with Crippen molar-refractivity contribution in [1.82, 2.24) is 0 Å². The molecule has 0 aromatic heterocycles. The van der Waals surface area contributed by atoms with Crippen LogP contribution in [0.1, 0.15) is 220 Å². The van der Waals surface area contributed by atoms with Gasteiger partial charge in [0.05, 0.1) is 0 Å². The molecule has 62 heavy (non-hydrogen) atoms. The molecule has 6 nitrogen and oxygen atoms in total. The predicted molar refractivity (Wildman–Crippen MR) is 265 cm³/mol. The van der Waals surface area contributed by atoms with E-state index in [1.54, 1.807) is 0 Å². The molecule has 0 fully saturated rings. The minimum absolute atomic E-state index is 0.104. The molecule has 352 valence electrons. The Morgan fingerprint density at radius 1 is 0.339 bits per heavy atom. The lowest BCUT2D eigenvalue weighted by Gasteiger charge is -2.18. The standard InChI is InChI=1S/C56H92O6/c1-4-7-10-13-16-18-20-22-24-26-28-30-32-34-36-38-40-43-46-49-55(58)61-52-53(51-60-54(57)48-45-42-15-12-9-6-3)62-56(59)50-47-44-41-39-37-35-33-31-29-27-25-23-21-19-17-14-11-8-5-2/h7,10,16-19,22-25,28,30,34,36,40,43,53H,4-6,8-9,11-15,20-21,26-27,29,31-33,35,37-39,41-42,44-52H2,1-3H3/b10-7-,18-16-,19-17-,24-22-,25-23-,30-28-,36-34-,43-40-. The summed E-state index contributed by atoms with van der Waals surface area (Å²) in [6, 6.07) is 0. The van der Waals surface area contributed by atoms with Gasteiger partial charge in [0.2, 0.25) is 0 Å². The SMILES string of the molecule is CC/C=C\C/C=C\C/C=C\C/C=C\C/C=C\C/C=C\CCC(=O)OCC(COC(=O)CCCCCCCC)OC(=O)CCCCCCCCCCC/C=C\C/C=C\CCCCC. The van der Waals surface area contributed by atoms with Crippen LogP contribution in [0.15, 0.2) is 97.2 Å². The molecule has 1 unspecified atom stereocenters. The maximum absolute atomic E-state index is 12.7. The van der Waals surface area contributed by atoms with Gasteiger partial charge in [0.1, 0.15) is 13.2 Å². The summed E-state index contributed by atoms with van der Waals surface area (Å²) in [5.74, 6) is -1.01. The molecule has 0 spiro atoms. The molecule has 0 N–H and O–H groups in total. The highest BCUT2D eigenvalue weighted by Crippen LogP contribution is 2.13. The smallest absolute Gasteiger partial charge is 0.306 e. The first-order valence-corrected chi connectivity index (χ1v) is 25.2. The highest BCUT2D eigenvalue weighted by atomic mass is 16.6. The van der Waals surface area contributed by atoms with Gasteiger partial charge in [-0.2, -0.15) is 0 Å². The van der Waals surface area contributed by atoms with Crippen molar-refractivity contribution in [2.75, 3.05) is 13.2 Å². The van der Waals surface area contributed by atoms with Crippen molar-refractivity contribution in [3.05, 3.63) is 97.2 Å². The molecular weight excluding hydrogens is 769 g/mol. The maximum Gasteiger partial charge on any atom is 0.306 e. The third-order valence-electron chi connectivity index (χ3n) is 10.3. The second kappa shape index (κ2) is 50.0. The van der Waals surface area contributed by atoms with Crippen LogP contribution in [0.4, 0.5) is 0 Å². The second-order valence-corrected chi connectivity index (χ2v) is 16.3. The molecule has 1 atom stereocenters. The lowest BCUT2D eigenvalue weighted by molar-refractivity contribution is -0.166. The van der Waals surface area contributed by atoms with Crippen molar-refractivity contribution in [3.8, 4) is 0 Å². The Balaban J connectivity index is 4.35. The first-order chi connectivity index (χ1) is 30.5. The summed E-state index contributed by atoms with van der Waals surface area (Å²) in [5, 5.41) is 0. The number of allylic oxidation sites excluding steroid dienone is 16. The van der Waals surface area contributed by atoms with Gasteiger partial charge < -0.3 is 14.2 Å². The van der Waals surface area contributed by atoms with Gasteiger partial charge in [-0.1, -0.05) is 208 Å². The van der Waals surface area contributed by atoms with Gasteiger partial charge >= 0.3 is 17.9 Å². The van der Waals surface area contributed by atoms with Crippen LogP contribution in [0.2, 0.25) is 0 Å². The molecule has 0 rings (SSSR count). The van der Waals surface area contributed by atoms with Crippen LogP contribution in [-0.4, -0.2) is 37.2 Å². The van der Waals surface area contributed by atoms with E-state index in [0.717, 1.165) is 83.5 Å². The van der Waals surface area contributed by atoms with Crippen LogP contribution in [0.5, 0.6) is 0 Å². The number of carbonyl (C=O) groups excluding carboxylic acids is 3. The molecule has 0 aliphatic heterocycles. The zero-order valence-electron chi connectivity index (χ0n) is 40.1. The molecular formula is C56H92O6. The molecule has 0 aromatic carbocycles. The zero-order valence-corrected chi connectivity index (χ0v) is 40.1. The zero-order chi connectivity index (χ0) is 45.1. The monoisotopic (exact) mass is 861 g/mol. The normalized spacial score (nSPS) is 12.9. The van der Waals surface area contributed by atoms with Crippen LogP contribution < -0.4 is 0 Å². The molecule has 0 bridgehead atoms. The van der Waals surface area contributed by atoms with Crippen molar-refractivity contribution in [2.45, 2.75) is 226 Å². The summed E-state index contributed by atoms with van der Waals surface area (Å²) in [7, 11) is 0. The molecule has 0 saturated heterocycles.